The molecule has 0 atom stereocenters. The molecule has 1 fully saturated rings. The van der Waals surface area contributed by atoms with Crippen molar-refractivity contribution in [1.29, 1.82) is 0 Å². The first-order valence-corrected chi connectivity index (χ1v) is 7.16. The normalized spacial score (nSPS) is 16.8. The minimum absolute atomic E-state index is 0. The maximum absolute atomic E-state index is 12.5. The van der Waals surface area contributed by atoms with Crippen molar-refractivity contribution in [1.82, 2.24) is 25.7 Å². The molecular weight excluding hydrogens is 351 g/mol. The Balaban J connectivity index is 0.00000288. The van der Waals surface area contributed by atoms with Crippen LogP contribution in [0.25, 0.3) is 0 Å². The summed E-state index contributed by atoms with van der Waals surface area (Å²) in [5.74, 6) is -1.31. The van der Waals surface area contributed by atoms with Crippen LogP contribution in [0.4, 0.5) is 13.2 Å². The molecule has 0 bridgehead atoms. The van der Waals surface area contributed by atoms with Gasteiger partial charge in [0, 0.05) is 12.4 Å². The monoisotopic (exact) mass is 369 g/mol. The maximum atomic E-state index is 12.5. The second-order valence-electron chi connectivity index (χ2n) is 5.31. The summed E-state index contributed by atoms with van der Waals surface area (Å²) in [4.78, 5) is 23.9. The van der Waals surface area contributed by atoms with E-state index < -0.39 is 36.6 Å². The molecule has 7 nitrogen and oxygen atoms in total. The highest BCUT2D eigenvalue weighted by atomic mass is 35.5. The van der Waals surface area contributed by atoms with Crippen molar-refractivity contribution < 1.29 is 22.8 Å². The van der Waals surface area contributed by atoms with Gasteiger partial charge in [0.15, 0.2) is 0 Å². The molecule has 0 saturated carbocycles. The number of carbonyl (C=O) groups is 2. The third-order valence-electron chi connectivity index (χ3n) is 3.69. The van der Waals surface area contributed by atoms with Gasteiger partial charge in [-0.05, 0) is 32.0 Å². The van der Waals surface area contributed by atoms with Crippen LogP contribution >= 0.6 is 12.4 Å². The lowest BCUT2D eigenvalue weighted by Gasteiger charge is -2.36. The maximum Gasteiger partial charge on any atom is 0.405 e. The molecule has 2 amide bonds. The number of rotatable bonds is 5. The molecule has 1 saturated heterocycles. The van der Waals surface area contributed by atoms with Gasteiger partial charge < -0.3 is 16.0 Å². The van der Waals surface area contributed by atoms with E-state index in [1.807, 2.05) is 0 Å². The van der Waals surface area contributed by atoms with Gasteiger partial charge in [-0.1, -0.05) is 0 Å². The zero-order valence-electron chi connectivity index (χ0n) is 12.7. The van der Waals surface area contributed by atoms with Gasteiger partial charge in [0.2, 0.25) is 11.8 Å². The summed E-state index contributed by atoms with van der Waals surface area (Å²) in [5, 5.41) is 11.4. The van der Waals surface area contributed by atoms with E-state index in [0.29, 0.717) is 25.9 Å². The van der Waals surface area contributed by atoms with Crippen molar-refractivity contribution >= 4 is 24.2 Å². The van der Waals surface area contributed by atoms with E-state index in [1.54, 1.807) is 23.8 Å². The number of nitrogens with zero attached hydrogens (tertiary/aromatic N) is 2. The first-order valence-electron chi connectivity index (χ1n) is 7.16. The summed E-state index contributed by atoms with van der Waals surface area (Å²) < 4.78 is 37.6. The van der Waals surface area contributed by atoms with Crippen LogP contribution in [0.3, 0.4) is 0 Å². The van der Waals surface area contributed by atoms with E-state index in [-0.39, 0.29) is 12.4 Å². The van der Waals surface area contributed by atoms with Crippen LogP contribution in [0, 0.1) is 0 Å². The van der Waals surface area contributed by atoms with E-state index in [0.717, 1.165) is 0 Å². The van der Waals surface area contributed by atoms with Crippen LogP contribution < -0.4 is 16.0 Å². The minimum atomic E-state index is -4.48. The molecule has 2 heterocycles. The van der Waals surface area contributed by atoms with E-state index in [2.05, 4.69) is 15.7 Å². The lowest BCUT2D eigenvalue weighted by atomic mass is 9.87. The highest BCUT2D eigenvalue weighted by Crippen LogP contribution is 2.27. The number of hydrogen-bond acceptors (Lipinski definition) is 4. The molecule has 11 heteroatoms. The van der Waals surface area contributed by atoms with Gasteiger partial charge in [0.1, 0.15) is 12.1 Å². The predicted molar refractivity (Wildman–Crippen MR) is 81.6 cm³/mol. The number of halogens is 4. The van der Waals surface area contributed by atoms with Crippen molar-refractivity contribution in [2.45, 2.75) is 24.6 Å². The Bertz CT molecular complexity index is 544. The Morgan fingerprint density at radius 2 is 1.92 bits per heavy atom. The van der Waals surface area contributed by atoms with E-state index in [1.165, 1.54) is 4.68 Å². The number of hydrogen-bond donors (Lipinski definition) is 3. The quantitative estimate of drug-likeness (QED) is 0.691. The van der Waals surface area contributed by atoms with E-state index >= 15 is 0 Å². The fourth-order valence-corrected chi connectivity index (χ4v) is 2.51. The van der Waals surface area contributed by atoms with E-state index in [9.17, 15) is 22.8 Å². The molecule has 1 aliphatic rings. The van der Waals surface area contributed by atoms with Crippen molar-refractivity contribution in [3.63, 3.8) is 0 Å². The Kier molecular flexibility index (Phi) is 7.03. The van der Waals surface area contributed by atoms with Crippen LogP contribution in [0.5, 0.6) is 0 Å². The number of carbonyl (C=O) groups excluding carboxylic acids is 2. The van der Waals surface area contributed by atoms with Crippen LogP contribution in [0.2, 0.25) is 0 Å². The zero-order valence-corrected chi connectivity index (χ0v) is 13.5. The van der Waals surface area contributed by atoms with E-state index in [4.69, 9.17) is 0 Å². The largest absolute Gasteiger partial charge is 0.405 e. The van der Waals surface area contributed by atoms with Crippen molar-refractivity contribution in [2.75, 3.05) is 26.2 Å². The molecule has 1 aromatic rings. The lowest BCUT2D eigenvalue weighted by molar-refractivity contribution is -0.139. The van der Waals surface area contributed by atoms with Gasteiger partial charge in [0.25, 0.3) is 0 Å². The smallest absolute Gasteiger partial charge is 0.345 e. The molecule has 0 aliphatic carbocycles. The highest BCUT2D eigenvalue weighted by Gasteiger charge is 2.42. The topological polar surface area (TPSA) is 88.0 Å². The summed E-state index contributed by atoms with van der Waals surface area (Å²) >= 11 is 0. The summed E-state index contributed by atoms with van der Waals surface area (Å²) in [6, 6.07) is 1.69. The molecule has 0 spiro atoms. The Morgan fingerprint density at radius 3 is 2.46 bits per heavy atom. The molecule has 24 heavy (non-hydrogen) atoms. The zero-order chi connectivity index (χ0) is 16.9. The first-order chi connectivity index (χ1) is 10.8. The second kappa shape index (κ2) is 8.34. The molecule has 2 rings (SSSR count). The van der Waals surface area contributed by atoms with Gasteiger partial charge in [0.05, 0.1) is 6.54 Å². The number of nitrogens with one attached hydrogen (secondary N) is 3. The van der Waals surface area contributed by atoms with Crippen molar-refractivity contribution in [3.05, 3.63) is 18.5 Å². The Hall–Kier alpha value is -1.81. The van der Waals surface area contributed by atoms with Gasteiger partial charge in [-0.3, -0.25) is 14.3 Å². The van der Waals surface area contributed by atoms with Gasteiger partial charge in [-0.15, -0.1) is 12.4 Å². The minimum Gasteiger partial charge on any atom is -0.345 e. The number of piperidine rings is 1. The van der Waals surface area contributed by atoms with Crippen LogP contribution in [-0.4, -0.2) is 54.0 Å². The lowest BCUT2D eigenvalue weighted by Crippen LogP contribution is -2.56. The SMILES string of the molecule is Cl.O=C(CNC(=O)C1(n2cccn2)CCNCC1)NCC(F)(F)F. The van der Waals surface area contributed by atoms with Crippen LogP contribution in [0.1, 0.15) is 12.8 Å². The Morgan fingerprint density at radius 1 is 1.25 bits per heavy atom. The predicted octanol–water partition coefficient (Wildman–Crippen LogP) is 0.178. The van der Waals surface area contributed by atoms with Gasteiger partial charge in [-0.2, -0.15) is 18.3 Å². The average Bonchev–Trinajstić information content (AvgIpc) is 3.05. The first kappa shape index (κ1) is 20.2. The summed E-state index contributed by atoms with van der Waals surface area (Å²) in [7, 11) is 0. The summed E-state index contributed by atoms with van der Waals surface area (Å²) in [6.45, 7) is -0.720. The third kappa shape index (κ3) is 5.10. The number of alkyl halides is 3. The fourth-order valence-electron chi connectivity index (χ4n) is 2.51. The molecule has 3 N–H and O–H groups in total. The summed E-state index contributed by atoms with van der Waals surface area (Å²) in [6.07, 6.45) is -0.317. The number of amides is 2. The molecule has 0 aromatic carbocycles. The average molecular weight is 370 g/mol. The molecule has 1 aromatic heterocycles. The Labute approximate surface area is 142 Å². The van der Waals surface area contributed by atoms with Crippen LogP contribution in [-0.2, 0) is 15.1 Å². The highest BCUT2D eigenvalue weighted by molar-refractivity contribution is 5.89. The van der Waals surface area contributed by atoms with Gasteiger partial charge in [-0.25, -0.2) is 0 Å². The molecule has 0 unspecified atom stereocenters. The fraction of sp³-hybridized carbons (Fsp3) is 0.615. The summed E-state index contributed by atoms with van der Waals surface area (Å²) in [5.41, 5.74) is -0.931. The molecule has 0 radical (unpaired) electrons. The molecular formula is C13H19ClF3N5O2. The van der Waals surface area contributed by atoms with Crippen molar-refractivity contribution in [2.24, 2.45) is 0 Å². The molecule has 1 aliphatic heterocycles. The molecule has 136 valence electrons. The van der Waals surface area contributed by atoms with Crippen molar-refractivity contribution in [3.8, 4) is 0 Å². The van der Waals surface area contributed by atoms with Crippen LogP contribution in [0.15, 0.2) is 18.5 Å². The standard InChI is InChI=1S/C13H18F3N5O2.ClH/c14-13(15,16)9-19-10(22)8-18-11(23)12(2-5-17-6-3-12)21-7-1-4-20-21;/h1,4,7,17H,2-3,5-6,8-9H2,(H,18,23)(H,19,22);1H. The van der Waals surface area contributed by atoms with Gasteiger partial charge >= 0.3 is 6.18 Å². The second-order valence-corrected chi connectivity index (χ2v) is 5.31. The number of aromatic nitrogens is 2. The third-order valence-corrected chi connectivity index (χ3v) is 3.69.